The summed E-state index contributed by atoms with van der Waals surface area (Å²) in [5.74, 6) is 0.714. The van der Waals surface area contributed by atoms with Crippen LogP contribution in [-0.2, 0) is 10.2 Å². The van der Waals surface area contributed by atoms with Gasteiger partial charge in [0, 0.05) is 35.3 Å². The number of aromatic nitrogens is 2. The van der Waals surface area contributed by atoms with E-state index in [4.69, 9.17) is 0 Å². The lowest BCUT2D eigenvalue weighted by Crippen LogP contribution is -2.15. The molecule has 1 spiro atoms. The predicted octanol–water partition coefficient (Wildman–Crippen LogP) is 4.32. The SMILES string of the molecule is N#C[C@]1(c2ccc3cnc(NC(=O)[C@@H]4C[C@H]4c4ccccn4)cc3c2)CC12CC2. The van der Waals surface area contributed by atoms with Crippen LogP contribution >= 0.6 is 0 Å². The summed E-state index contributed by atoms with van der Waals surface area (Å²) in [6.45, 7) is 0. The molecule has 3 fully saturated rings. The number of hydrogen-bond donors (Lipinski definition) is 1. The van der Waals surface area contributed by atoms with E-state index in [1.165, 1.54) is 0 Å². The van der Waals surface area contributed by atoms with Crippen LogP contribution in [0.4, 0.5) is 5.82 Å². The lowest BCUT2D eigenvalue weighted by molar-refractivity contribution is -0.117. The van der Waals surface area contributed by atoms with Crippen LogP contribution in [-0.4, -0.2) is 15.9 Å². The van der Waals surface area contributed by atoms with Gasteiger partial charge in [-0.05, 0) is 66.3 Å². The van der Waals surface area contributed by atoms with Gasteiger partial charge in [0.1, 0.15) is 5.82 Å². The van der Waals surface area contributed by atoms with Crippen molar-refractivity contribution < 1.29 is 4.79 Å². The highest BCUT2D eigenvalue weighted by Gasteiger charge is 2.75. The molecule has 2 aromatic heterocycles. The molecule has 1 N–H and O–H groups in total. The molecule has 3 atom stereocenters. The van der Waals surface area contributed by atoms with Gasteiger partial charge in [-0.2, -0.15) is 5.26 Å². The molecule has 0 aliphatic heterocycles. The Morgan fingerprint density at radius 3 is 2.76 bits per heavy atom. The van der Waals surface area contributed by atoms with E-state index in [0.29, 0.717) is 5.82 Å². The maximum absolute atomic E-state index is 12.6. The quantitative estimate of drug-likeness (QED) is 0.731. The number of pyridine rings is 2. The van der Waals surface area contributed by atoms with Crippen molar-refractivity contribution in [2.45, 2.75) is 37.0 Å². The van der Waals surface area contributed by atoms with Crippen molar-refractivity contribution >= 4 is 22.5 Å². The van der Waals surface area contributed by atoms with Gasteiger partial charge in [-0.1, -0.05) is 18.2 Å². The highest BCUT2D eigenvalue weighted by molar-refractivity contribution is 5.96. The molecule has 1 aromatic carbocycles. The second-order valence-electron chi connectivity index (χ2n) is 8.80. The molecular formula is C24H20N4O. The Labute approximate surface area is 168 Å². The number of nitrogens with zero attached hydrogens (tertiary/aromatic N) is 3. The number of rotatable bonds is 4. The maximum Gasteiger partial charge on any atom is 0.229 e. The van der Waals surface area contributed by atoms with Crippen LogP contribution in [0.5, 0.6) is 0 Å². The van der Waals surface area contributed by atoms with Crippen LogP contribution in [0.1, 0.15) is 42.9 Å². The van der Waals surface area contributed by atoms with Crippen LogP contribution in [0.3, 0.4) is 0 Å². The molecular weight excluding hydrogens is 360 g/mol. The van der Waals surface area contributed by atoms with Crippen molar-refractivity contribution in [2.24, 2.45) is 11.3 Å². The minimum Gasteiger partial charge on any atom is -0.310 e. The van der Waals surface area contributed by atoms with E-state index in [9.17, 15) is 10.1 Å². The fraction of sp³-hybridized carbons (Fsp3) is 0.333. The molecule has 0 radical (unpaired) electrons. The first-order chi connectivity index (χ1) is 14.1. The van der Waals surface area contributed by atoms with Gasteiger partial charge in [-0.25, -0.2) is 4.98 Å². The van der Waals surface area contributed by atoms with Gasteiger partial charge in [0.15, 0.2) is 0 Å². The van der Waals surface area contributed by atoms with E-state index in [2.05, 4.69) is 33.5 Å². The Kier molecular flexibility index (Phi) is 3.24. The highest BCUT2D eigenvalue weighted by atomic mass is 16.2. The number of nitrogens with one attached hydrogen (secondary N) is 1. The summed E-state index contributed by atoms with van der Waals surface area (Å²) in [7, 11) is 0. The van der Waals surface area contributed by atoms with Gasteiger partial charge in [0.2, 0.25) is 5.91 Å². The topological polar surface area (TPSA) is 78.7 Å². The third kappa shape index (κ3) is 2.49. The summed E-state index contributed by atoms with van der Waals surface area (Å²) in [6.07, 6.45) is 7.69. The van der Waals surface area contributed by atoms with Gasteiger partial charge < -0.3 is 5.32 Å². The third-order valence-corrected chi connectivity index (χ3v) is 7.09. The average molecular weight is 380 g/mol. The number of amides is 1. The molecule has 3 aliphatic carbocycles. The van der Waals surface area contributed by atoms with Crippen LogP contribution in [0.25, 0.3) is 10.8 Å². The molecule has 3 aromatic rings. The van der Waals surface area contributed by atoms with Crippen LogP contribution in [0.2, 0.25) is 0 Å². The minimum atomic E-state index is -0.308. The normalized spacial score (nSPS) is 28.0. The molecule has 0 bridgehead atoms. The molecule has 0 unspecified atom stereocenters. The number of benzene rings is 1. The molecule has 29 heavy (non-hydrogen) atoms. The summed E-state index contributed by atoms with van der Waals surface area (Å²) < 4.78 is 0. The molecule has 0 saturated heterocycles. The molecule has 5 nitrogen and oxygen atoms in total. The number of anilines is 1. The van der Waals surface area contributed by atoms with Crippen LogP contribution in [0, 0.1) is 22.7 Å². The lowest BCUT2D eigenvalue weighted by atomic mass is 9.92. The Hall–Kier alpha value is -3.26. The molecule has 1 amide bonds. The molecule has 3 saturated carbocycles. The zero-order valence-corrected chi connectivity index (χ0v) is 15.9. The maximum atomic E-state index is 12.6. The highest BCUT2D eigenvalue weighted by Crippen LogP contribution is 2.78. The smallest absolute Gasteiger partial charge is 0.229 e. The number of fused-ring (bicyclic) bond motifs is 1. The predicted molar refractivity (Wildman–Crippen MR) is 109 cm³/mol. The summed E-state index contributed by atoms with van der Waals surface area (Å²) in [5.41, 5.74) is 2.01. The van der Waals surface area contributed by atoms with Gasteiger partial charge in [-0.3, -0.25) is 9.78 Å². The Morgan fingerprint density at radius 1 is 1.14 bits per heavy atom. The summed E-state index contributed by atoms with van der Waals surface area (Å²) >= 11 is 0. The van der Waals surface area contributed by atoms with Gasteiger partial charge in [0.05, 0.1) is 11.5 Å². The van der Waals surface area contributed by atoms with E-state index in [0.717, 1.165) is 47.7 Å². The van der Waals surface area contributed by atoms with E-state index < -0.39 is 0 Å². The number of hydrogen-bond acceptors (Lipinski definition) is 4. The van der Waals surface area contributed by atoms with Crippen molar-refractivity contribution in [2.75, 3.05) is 5.32 Å². The van der Waals surface area contributed by atoms with Gasteiger partial charge >= 0.3 is 0 Å². The van der Waals surface area contributed by atoms with Crippen molar-refractivity contribution in [3.8, 4) is 6.07 Å². The van der Waals surface area contributed by atoms with Crippen molar-refractivity contribution in [3.05, 3.63) is 66.1 Å². The van der Waals surface area contributed by atoms with Crippen LogP contribution < -0.4 is 5.32 Å². The number of nitriles is 1. The van der Waals surface area contributed by atoms with Crippen LogP contribution in [0.15, 0.2) is 54.9 Å². The molecule has 3 aliphatic rings. The monoisotopic (exact) mass is 380 g/mol. The zero-order valence-electron chi connectivity index (χ0n) is 15.9. The van der Waals surface area contributed by atoms with E-state index in [-0.39, 0.29) is 28.6 Å². The van der Waals surface area contributed by atoms with Gasteiger partial charge in [-0.15, -0.1) is 0 Å². The molecule has 142 valence electrons. The van der Waals surface area contributed by atoms with Crippen molar-refractivity contribution in [3.63, 3.8) is 0 Å². The zero-order chi connectivity index (χ0) is 19.6. The second kappa shape index (κ2) is 5.64. The molecule has 2 heterocycles. The Morgan fingerprint density at radius 2 is 2.03 bits per heavy atom. The summed E-state index contributed by atoms with van der Waals surface area (Å²) in [6, 6.07) is 16.5. The fourth-order valence-electron chi connectivity index (χ4n) is 4.95. The third-order valence-electron chi connectivity index (χ3n) is 7.09. The minimum absolute atomic E-state index is 0.00345. The van der Waals surface area contributed by atoms with E-state index >= 15 is 0 Å². The van der Waals surface area contributed by atoms with Crippen molar-refractivity contribution in [1.82, 2.24) is 9.97 Å². The Balaban J connectivity index is 1.23. The average Bonchev–Trinajstić information content (AvgIpc) is 3.66. The Bertz CT molecular complexity index is 1190. The number of carbonyl (C=O) groups is 1. The summed E-state index contributed by atoms with van der Waals surface area (Å²) in [5, 5.41) is 14.8. The molecule has 6 rings (SSSR count). The summed E-state index contributed by atoms with van der Waals surface area (Å²) in [4.78, 5) is 21.4. The number of carbonyl (C=O) groups excluding carboxylic acids is 1. The largest absolute Gasteiger partial charge is 0.310 e. The second-order valence-corrected chi connectivity index (χ2v) is 8.80. The first-order valence-electron chi connectivity index (χ1n) is 10.2. The molecule has 5 heteroatoms. The van der Waals surface area contributed by atoms with E-state index in [1.54, 1.807) is 12.4 Å². The first kappa shape index (κ1) is 16.7. The first-order valence-corrected chi connectivity index (χ1v) is 10.2. The lowest BCUT2D eigenvalue weighted by Gasteiger charge is -2.11. The van der Waals surface area contributed by atoms with Crippen molar-refractivity contribution in [1.29, 1.82) is 5.26 Å². The van der Waals surface area contributed by atoms with E-state index in [1.807, 2.05) is 30.3 Å². The fourth-order valence-corrected chi connectivity index (χ4v) is 4.95. The van der Waals surface area contributed by atoms with Gasteiger partial charge in [0.25, 0.3) is 0 Å². The standard InChI is InChI=1S/C24H20N4O/c25-14-24(13-23(24)6-7-23)17-5-4-15-12-27-21(10-16(15)9-17)28-22(29)19-11-18(19)20-3-1-2-8-26-20/h1-5,8-10,12,18-19H,6-7,11,13H2,(H,27,28,29)/t18-,19-,24+/m1/s1.